The number of benzene rings is 1. The normalized spacial score (nSPS) is 24.8. The zero-order valence-electron chi connectivity index (χ0n) is 10.8. The van der Waals surface area contributed by atoms with Gasteiger partial charge in [-0.3, -0.25) is 15.1 Å². The highest BCUT2D eigenvalue weighted by atomic mass is 16.5. The SMILES string of the molecule is CCN=C1NC(=O)C(C)(c2ccc(OC)cc2)N1. The van der Waals surface area contributed by atoms with Crippen molar-refractivity contribution >= 4 is 11.9 Å². The molecule has 0 aliphatic carbocycles. The fourth-order valence-corrected chi connectivity index (χ4v) is 1.92. The Bertz CT molecular complexity index is 482. The lowest BCUT2D eigenvalue weighted by molar-refractivity contribution is -0.123. The van der Waals surface area contributed by atoms with E-state index in [1.165, 1.54) is 0 Å². The molecule has 2 N–H and O–H groups in total. The van der Waals surface area contributed by atoms with Gasteiger partial charge >= 0.3 is 0 Å². The standard InChI is InChI=1S/C13H17N3O2/c1-4-14-12-15-11(17)13(2,16-12)9-5-7-10(18-3)8-6-9/h5-8H,4H2,1-3H3,(H2,14,15,16,17). The van der Waals surface area contributed by atoms with Gasteiger partial charge in [0.2, 0.25) is 0 Å². The highest BCUT2D eigenvalue weighted by Gasteiger charge is 2.42. The van der Waals surface area contributed by atoms with Crippen molar-refractivity contribution in [3.8, 4) is 5.75 Å². The van der Waals surface area contributed by atoms with Crippen molar-refractivity contribution in [1.82, 2.24) is 10.6 Å². The second kappa shape index (κ2) is 4.68. The Labute approximate surface area is 106 Å². The molecule has 1 aromatic carbocycles. The molecule has 18 heavy (non-hydrogen) atoms. The molecule has 0 aromatic heterocycles. The molecule has 0 saturated carbocycles. The van der Waals surface area contributed by atoms with Crippen LogP contribution in [0.1, 0.15) is 19.4 Å². The zero-order chi connectivity index (χ0) is 13.2. The van der Waals surface area contributed by atoms with Crippen LogP contribution in [0.3, 0.4) is 0 Å². The van der Waals surface area contributed by atoms with E-state index in [0.717, 1.165) is 11.3 Å². The second-order valence-corrected chi connectivity index (χ2v) is 4.26. The molecule has 1 aliphatic rings. The molecule has 5 nitrogen and oxygen atoms in total. The van der Waals surface area contributed by atoms with Crippen molar-refractivity contribution < 1.29 is 9.53 Å². The summed E-state index contributed by atoms with van der Waals surface area (Å²) in [5, 5.41) is 5.86. The minimum atomic E-state index is -0.778. The van der Waals surface area contributed by atoms with Crippen LogP contribution in [0.25, 0.3) is 0 Å². The van der Waals surface area contributed by atoms with Gasteiger partial charge in [0, 0.05) is 6.54 Å². The number of amides is 1. The maximum atomic E-state index is 12.1. The minimum Gasteiger partial charge on any atom is -0.497 e. The molecule has 1 saturated heterocycles. The van der Waals surface area contributed by atoms with Gasteiger partial charge in [-0.1, -0.05) is 12.1 Å². The molecular formula is C13H17N3O2. The van der Waals surface area contributed by atoms with Gasteiger partial charge in [0.25, 0.3) is 5.91 Å². The van der Waals surface area contributed by atoms with Gasteiger partial charge in [-0.05, 0) is 31.5 Å². The molecular weight excluding hydrogens is 230 g/mol. The average molecular weight is 247 g/mol. The van der Waals surface area contributed by atoms with Gasteiger partial charge in [-0.25, -0.2) is 0 Å². The highest BCUT2D eigenvalue weighted by Crippen LogP contribution is 2.25. The smallest absolute Gasteiger partial charge is 0.256 e. The Morgan fingerprint density at radius 2 is 2.00 bits per heavy atom. The first-order chi connectivity index (χ1) is 8.60. The fourth-order valence-electron chi connectivity index (χ4n) is 1.92. The molecule has 1 amide bonds. The number of carbonyl (C=O) groups excluding carboxylic acids is 1. The summed E-state index contributed by atoms with van der Waals surface area (Å²) in [5.41, 5.74) is 0.0994. The summed E-state index contributed by atoms with van der Waals surface area (Å²) >= 11 is 0. The lowest BCUT2D eigenvalue weighted by Gasteiger charge is -2.21. The molecule has 96 valence electrons. The molecule has 1 atom stereocenters. The van der Waals surface area contributed by atoms with Crippen LogP contribution in [0.2, 0.25) is 0 Å². The number of nitrogens with zero attached hydrogens (tertiary/aromatic N) is 1. The first-order valence-electron chi connectivity index (χ1n) is 5.88. The summed E-state index contributed by atoms with van der Waals surface area (Å²) in [6.07, 6.45) is 0. The number of aliphatic imine (C=N–C) groups is 1. The monoisotopic (exact) mass is 247 g/mol. The van der Waals surface area contributed by atoms with Crippen molar-refractivity contribution in [2.24, 2.45) is 4.99 Å². The van der Waals surface area contributed by atoms with Crippen molar-refractivity contribution in [3.63, 3.8) is 0 Å². The van der Waals surface area contributed by atoms with Crippen molar-refractivity contribution in [2.45, 2.75) is 19.4 Å². The van der Waals surface area contributed by atoms with Gasteiger partial charge < -0.3 is 10.1 Å². The third kappa shape index (κ3) is 2.03. The number of hydrogen-bond donors (Lipinski definition) is 2. The van der Waals surface area contributed by atoms with Crippen molar-refractivity contribution in [2.75, 3.05) is 13.7 Å². The van der Waals surface area contributed by atoms with E-state index in [4.69, 9.17) is 4.74 Å². The van der Waals surface area contributed by atoms with Crippen LogP contribution in [0, 0.1) is 0 Å². The predicted octanol–water partition coefficient (Wildman–Crippen LogP) is 1.01. The number of carbonyl (C=O) groups is 1. The molecule has 1 aromatic rings. The largest absolute Gasteiger partial charge is 0.497 e. The number of rotatable bonds is 3. The number of hydrogen-bond acceptors (Lipinski definition) is 3. The predicted molar refractivity (Wildman–Crippen MR) is 69.6 cm³/mol. The lowest BCUT2D eigenvalue weighted by Crippen LogP contribution is -2.40. The number of methoxy groups -OCH3 is 1. The topological polar surface area (TPSA) is 62.7 Å². The van der Waals surface area contributed by atoms with E-state index in [0.29, 0.717) is 12.5 Å². The summed E-state index contributed by atoms with van der Waals surface area (Å²) in [7, 11) is 1.61. The van der Waals surface area contributed by atoms with E-state index in [1.54, 1.807) is 7.11 Å². The molecule has 1 unspecified atom stereocenters. The Morgan fingerprint density at radius 1 is 1.33 bits per heavy atom. The Morgan fingerprint density at radius 3 is 2.56 bits per heavy atom. The first kappa shape index (κ1) is 12.4. The molecule has 1 aliphatic heterocycles. The van der Waals surface area contributed by atoms with Gasteiger partial charge in [-0.15, -0.1) is 0 Å². The Hall–Kier alpha value is -2.04. The minimum absolute atomic E-state index is 0.0973. The summed E-state index contributed by atoms with van der Waals surface area (Å²) in [4.78, 5) is 16.2. The summed E-state index contributed by atoms with van der Waals surface area (Å²) < 4.78 is 5.11. The summed E-state index contributed by atoms with van der Waals surface area (Å²) in [5.74, 6) is 1.20. The Kier molecular flexibility index (Phi) is 3.23. The molecule has 1 fully saturated rings. The fraction of sp³-hybridized carbons (Fsp3) is 0.385. The van der Waals surface area contributed by atoms with E-state index >= 15 is 0 Å². The van der Waals surface area contributed by atoms with Crippen LogP contribution in [0.5, 0.6) is 5.75 Å². The Balaban J connectivity index is 2.30. The van der Waals surface area contributed by atoms with Gasteiger partial charge in [-0.2, -0.15) is 0 Å². The molecule has 0 bridgehead atoms. The van der Waals surface area contributed by atoms with Crippen molar-refractivity contribution in [3.05, 3.63) is 29.8 Å². The van der Waals surface area contributed by atoms with Gasteiger partial charge in [0.05, 0.1) is 7.11 Å². The average Bonchev–Trinajstić information content (AvgIpc) is 2.66. The lowest BCUT2D eigenvalue weighted by atomic mass is 9.92. The van der Waals surface area contributed by atoms with E-state index in [9.17, 15) is 4.79 Å². The molecule has 0 radical (unpaired) electrons. The summed E-state index contributed by atoms with van der Waals surface area (Å²) in [6, 6.07) is 7.43. The van der Waals surface area contributed by atoms with Gasteiger partial charge in [0.1, 0.15) is 11.3 Å². The van der Waals surface area contributed by atoms with Crippen LogP contribution in [0.15, 0.2) is 29.3 Å². The van der Waals surface area contributed by atoms with Crippen LogP contribution >= 0.6 is 0 Å². The maximum Gasteiger partial charge on any atom is 0.256 e. The molecule has 1 heterocycles. The quantitative estimate of drug-likeness (QED) is 0.837. The number of ether oxygens (including phenoxy) is 1. The second-order valence-electron chi connectivity index (χ2n) is 4.26. The van der Waals surface area contributed by atoms with Crippen LogP contribution in [0.4, 0.5) is 0 Å². The van der Waals surface area contributed by atoms with E-state index in [-0.39, 0.29) is 5.91 Å². The van der Waals surface area contributed by atoms with E-state index in [2.05, 4.69) is 15.6 Å². The van der Waals surface area contributed by atoms with Gasteiger partial charge in [0.15, 0.2) is 5.96 Å². The zero-order valence-corrected chi connectivity index (χ0v) is 10.8. The highest BCUT2D eigenvalue weighted by molar-refractivity contribution is 6.09. The number of nitrogens with one attached hydrogen (secondary N) is 2. The number of guanidine groups is 1. The van der Waals surface area contributed by atoms with Crippen LogP contribution < -0.4 is 15.4 Å². The summed E-state index contributed by atoms with van der Waals surface area (Å²) in [6.45, 7) is 4.38. The molecule has 0 spiro atoms. The van der Waals surface area contributed by atoms with Crippen molar-refractivity contribution in [1.29, 1.82) is 0 Å². The first-order valence-corrected chi connectivity index (χ1v) is 5.88. The van der Waals surface area contributed by atoms with Crippen LogP contribution in [-0.4, -0.2) is 25.5 Å². The molecule has 5 heteroatoms. The maximum absolute atomic E-state index is 12.1. The third-order valence-electron chi connectivity index (χ3n) is 3.04. The molecule has 2 rings (SSSR count). The van der Waals surface area contributed by atoms with Crippen LogP contribution in [-0.2, 0) is 10.3 Å². The van der Waals surface area contributed by atoms with E-state index < -0.39 is 5.54 Å². The third-order valence-corrected chi connectivity index (χ3v) is 3.04. The van der Waals surface area contributed by atoms with E-state index in [1.807, 2.05) is 38.1 Å².